The van der Waals surface area contributed by atoms with Crippen LogP contribution in [0.25, 0.3) is 0 Å². The van der Waals surface area contributed by atoms with Crippen LogP contribution in [0.2, 0.25) is 0 Å². The Bertz CT molecular complexity index is 348. The summed E-state index contributed by atoms with van der Waals surface area (Å²) in [6.07, 6.45) is 0.955. The van der Waals surface area contributed by atoms with E-state index in [1.165, 1.54) is 0 Å². The summed E-state index contributed by atoms with van der Waals surface area (Å²) in [6.45, 7) is 14.1. The van der Waals surface area contributed by atoms with Crippen LogP contribution >= 0.6 is 0 Å². The molecule has 0 aromatic rings. The lowest BCUT2D eigenvalue weighted by molar-refractivity contribution is 0.0253. The van der Waals surface area contributed by atoms with Crippen LogP contribution in [-0.2, 0) is 42.6 Å². The highest BCUT2D eigenvalue weighted by Crippen LogP contribution is 1.96. The lowest BCUT2D eigenvalue weighted by atomic mass is 10.3. The molecular weight excluding hydrogens is 472 g/mol. The maximum atomic E-state index is 5.93. The van der Waals surface area contributed by atoms with Gasteiger partial charge in [0.15, 0.2) is 0 Å². The van der Waals surface area contributed by atoms with Crippen LogP contribution in [0.15, 0.2) is 0 Å². The van der Waals surface area contributed by atoms with Crippen molar-refractivity contribution in [2.75, 3.05) is 160 Å². The van der Waals surface area contributed by atoms with Gasteiger partial charge in [-0.25, -0.2) is 0 Å². The zero-order chi connectivity index (χ0) is 26.4. The van der Waals surface area contributed by atoms with Gasteiger partial charge in [0.1, 0.15) is 0 Å². The van der Waals surface area contributed by atoms with Crippen LogP contribution in [0.4, 0.5) is 0 Å². The predicted molar refractivity (Wildman–Crippen MR) is 139 cm³/mol. The summed E-state index contributed by atoms with van der Waals surface area (Å²) in [5.74, 6) is 0. The molecule has 0 fully saturated rings. The van der Waals surface area contributed by atoms with Gasteiger partial charge < -0.3 is 42.6 Å². The van der Waals surface area contributed by atoms with Gasteiger partial charge >= 0.3 is 0 Å². The third-order valence-corrected chi connectivity index (χ3v) is 5.25. The molecule has 11 heteroatoms. The Hall–Kier alpha value is -0.440. The van der Waals surface area contributed by atoms with Crippen LogP contribution in [0.1, 0.15) is 6.42 Å². The molecule has 0 rings (SSSR count). The minimum absolute atomic E-state index is 0.608. The Morgan fingerprint density at radius 2 is 0.583 bits per heavy atom. The van der Waals surface area contributed by atoms with E-state index in [0.717, 1.165) is 45.7 Å². The fraction of sp³-hybridized carbons (Fsp3) is 1.00. The number of rotatable bonds is 31. The van der Waals surface area contributed by atoms with Crippen molar-refractivity contribution >= 4 is 0 Å². The van der Waals surface area contributed by atoms with E-state index in [4.69, 9.17) is 42.6 Å². The number of methoxy groups -OCH3 is 4. The number of nitrogens with zero attached hydrogens (tertiary/aromatic N) is 2. The molecule has 0 aliphatic rings. The molecule has 0 bridgehead atoms. The fourth-order valence-electron chi connectivity index (χ4n) is 3.11. The Morgan fingerprint density at radius 3 is 0.889 bits per heavy atom. The van der Waals surface area contributed by atoms with Crippen LogP contribution in [0.3, 0.4) is 0 Å². The van der Waals surface area contributed by atoms with Gasteiger partial charge in [-0.1, -0.05) is 0 Å². The van der Waals surface area contributed by atoms with Crippen LogP contribution in [0, 0.1) is 0 Å². The van der Waals surface area contributed by atoms with Gasteiger partial charge in [0.05, 0.1) is 85.9 Å². The van der Waals surface area contributed by atoms with Gasteiger partial charge in [0, 0.05) is 74.3 Å². The quantitative estimate of drug-likeness (QED) is 0.119. The van der Waals surface area contributed by atoms with E-state index in [-0.39, 0.29) is 0 Å². The Morgan fingerprint density at radius 1 is 0.306 bits per heavy atom. The first-order valence-corrected chi connectivity index (χ1v) is 13.1. The summed E-state index contributed by atoms with van der Waals surface area (Å²) in [4.78, 5) is 4.66. The Balaban J connectivity index is 4.15. The number of hydrogen-bond donors (Lipinski definition) is 0. The van der Waals surface area contributed by atoms with Crippen molar-refractivity contribution in [1.82, 2.24) is 9.80 Å². The van der Waals surface area contributed by atoms with E-state index in [2.05, 4.69) is 9.80 Å². The minimum Gasteiger partial charge on any atom is -0.382 e. The van der Waals surface area contributed by atoms with Gasteiger partial charge in [0.25, 0.3) is 0 Å². The van der Waals surface area contributed by atoms with Crippen molar-refractivity contribution in [3.8, 4) is 0 Å². The van der Waals surface area contributed by atoms with E-state index in [0.29, 0.717) is 92.5 Å². The van der Waals surface area contributed by atoms with Crippen LogP contribution < -0.4 is 0 Å². The third kappa shape index (κ3) is 26.6. The SMILES string of the molecule is COCCOCCN(CCCOCCN(CCOCCOC)CCOCCOC)CCOCCOC. The van der Waals surface area contributed by atoms with Crippen molar-refractivity contribution < 1.29 is 42.6 Å². The van der Waals surface area contributed by atoms with Gasteiger partial charge in [-0.15, -0.1) is 0 Å². The number of ether oxygens (including phenoxy) is 9. The van der Waals surface area contributed by atoms with Crippen molar-refractivity contribution in [1.29, 1.82) is 0 Å². The largest absolute Gasteiger partial charge is 0.382 e. The van der Waals surface area contributed by atoms with E-state index in [1.807, 2.05) is 0 Å². The topological polar surface area (TPSA) is 89.6 Å². The summed E-state index contributed by atoms with van der Waals surface area (Å²) >= 11 is 0. The van der Waals surface area contributed by atoms with Crippen molar-refractivity contribution in [3.05, 3.63) is 0 Å². The summed E-state index contributed by atoms with van der Waals surface area (Å²) < 4.78 is 48.5. The normalized spacial score (nSPS) is 11.8. The van der Waals surface area contributed by atoms with E-state index in [9.17, 15) is 0 Å². The van der Waals surface area contributed by atoms with E-state index in [1.54, 1.807) is 28.4 Å². The van der Waals surface area contributed by atoms with Gasteiger partial charge in [-0.2, -0.15) is 0 Å². The second-order valence-electron chi connectivity index (χ2n) is 8.07. The molecule has 0 saturated heterocycles. The molecule has 0 N–H and O–H groups in total. The molecule has 0 unspecified atom stereocenters. The van der Waals surface area contributed by atoms with Gasteiger partial charge in [-0.3, -0.25) is 9.80 Å². The Labute approximate surface area is 219 Å². The molecule has 0 radical (unpaired) electrons. The molecule has 0 aromatic carbocycles. The molecular formula is C25H54N2O9. The second-order valence-corrected chi connectivity index (χ2v) is 8.07. The predicted octanol–water partition coefficient (Wildman–Crippen LogP) is 0.649. The zero-order valence-corrected chi connectivity index (χ0v) is 23.4. The molecule has 218 valence electrons. The smallest absolute Gasteiger partial charge is 0.0700 e. The average Bonchev–Trinajstić information content (AvgIpc) is 2.89. The highest BCUT2D eigenvalue weighted by molar-refractivity contribution is 4.60. The molecule has 0 atom stereocenters. The molecule has 0 spiro atoms. The first-order chi connectivity index (χ1) is 17.8. The summed E-state index contributed by atoms with van der Waals surface area (Å²) in [6, 6.07) is 0. The van der Waals surface area contributed by atoms with Crippen LogP contribution in [0.5, 0.6) is 0 Å². The molecule has 0 amide bonds. The molecule has 0 aliphatic carbocycles. The zero-order valence-electron chi connectivity index (χ0n) is 23.4. The number of hydrogen-bond acceptors (Lipinski definition) is 11. The van der Waals surface area contributed by atoms with E-state index >= 15 is 0 Å². The maximum Gasteiger partial charge on any atom is 0.0700 e. The lowest BCUT2D eigenvalue weighted by Gasteiger charge is -2.23. The van der Waals surface area contributed by atoms with Gasteiger partial charge in [0.2, 0.25) is 0 Å². The molecule has 11 nitrogen and oxygen atoms in total. The molecule has 0 aliphatic heterocycles. The third-order valence-electron chi connectivity index (χ3n) is 5.25. The molecule has 0 saturated carbocycles. The minimum atomic E-state index is 0.608. The Kier molecular flexibility index (Phi) is 30.4. The van der Waals surface area contributed by atoms with E-state index < -0.39 is 0 Å². The first-order valence-electron chi connectivity index (χ1n) is 13.1. The molecule has 0 heterocycles. The highest BCUT2D eigenvalue weighted by Gasteiger charge is 2.07. The monoisotopic (exact) mass is 526 g/mol. The summed E-state index contributed by atoms with van der Waals surface area (Å²) in [5, 5.41) is 0. The lowest BCUT2D eigenvalue weighted by Crippen LogP contribution is -2.35. The average molecular weight is 527 g/mol. The van der Waals surface area contributed by atoms with Gasteiger partial charge in [-0.05, 0) is 6.42 Å². The standard InChI is InChI=1S/C25H54N2O9/c1-28-18-22-33-14-7-26(8-15-34-23-19-29-2)6-5-12-32-13-9-27(10-16-35-24-20-30-3)11-17-36-25-21-31-4/h5-25H2,1-4H3. The van der Waals surface area contributed by atoms with Crippen LogP contribution in [-0.4, -0.2) is 170 Å². The summed E-state index contributed by atoms with van der Waals surface area (Å²) in [5.41, 5.74) is 0. The molecule has 36 heavy (non-hydrogen) atoms. The maximum absolute atomic E-state index is 5.93. The van der Waals surface area contributed by atoms with Crippen molar-refractivity contribution in [2.24, 2.45) is 0 Å². The first kappa shape index (κ1) is 35.6. The second kappa shape index (κ2) is 30.8. The fourth-order valence-corrected chi connectivity index (χ4v) is 3.11. The van der Waals surface area contributed by atoms with Crippen molar-refractivity contribution in [3.63, 3.8) is 0 Å². The molecule has 0 aromatic heterocycles. The van der Waals surface area contributed by atoms with Crippen molar-refractivity contribution in [2.45, 2.75) is 6.42 Å². The highest BCUT2D eigenvalue weighted by atomic mass is 16.5. The summed E-state index contributed by atoms with van der Waals surface area (Å²) in [7, 11) is 6.72.